The lowest BCUT2D eigenvalue weighted by Crippen LogP contribution is -2.15. The summed E-state index contributed by atoms with van der Waals surface area (Å²) >= 11 is 0. The highest BCUT2D eigenvalue weighted by Gasteiger charge is 2.34. The topological polar surface area (TPSA) is 12.0 Å². The van der Waals surface area contributed by atoms with Crippen molar-refractivity contribution in [1.29, 1.82) is 0 Å². The molecule has 1 unspecified atom stereocenters. The zero-order valence-electron chi connectivity index (χ0n) is 8.85. The van der Waals surface area contributed by atoms with E-state index in [9.17, 15) is 17.6 Å². The summed E-state index contributed by atoms with van der Waals surface area (Å²) in [5.74, 6) is -1.21. The normalized spacial score (nSPS) is 20.1. The zero-order valence-corrected chi connectivity index (χ0v) is 9.67. The van der Waals surface area contributed by atoms with Crippen molar-refractivity contribution in [2.24, 2.45) is 0 Å². The fraction of sp³-hybridized carbons (Fsp3) is 0.455. The van der Waals surface area contributed by atoms with Gasteiger partial charge < -0.3 is 5.32 Å². The Morgan fingerprint density at radius 1 is 1.24 bits per heavy atom. The molecule has 17 heavy (non-hydrogen) atoms. The van der Waals surface area contributed by atoms with Crippen molar-refractivity contribution in [3.8, 4) is 0 Å². The molecule has 1 atom stereocenters. The van der Waals surface area contributed by atoms with Crippen LogP contribution in [-0.4, -0.2) is 6.54 Å². The number of benzene rings is 1. The Bertz CT molecular complexity index is 386. The first kappa shape index (κ1) is 14.3. The Morgan fingerprint density at radius 2 is 1.94 bits per heavy atom. The van der Waals surface area contributed by atoms with Crippen LogP contribution in [0.15, 0.2) is 18.2 Å². The summed E-state index contributed by atoms with van der Waals surface area (Å²) in [5, 5.41) is 3.08. The number of alkyl halides is 3. The molecule has 1 nitrogen and oxygen atoms in total. The van der Waals surface area contributed by atoms with Gasteiger partial charge in [0.25, 0.3) is 0 Å². The molecule has 1 fully saturated rings. The van der Waals surface area contributed by atoms with Crippen molar-refractivity contribution in [3.63, 3.8) is 0 Å². The quantitative estimate of drug-likeness (QED) is 0.767. The Balaban J connectivity index is 0.00000144. The molecular formula is C11H12ClF4N. The monoisotopic (exact) mass is 269 g/mol. The third kappa shape index (κ3) is 3.10. The van der Waals surface area contributed by atoms with Gasteiger partial charge in [0.2, 0.25) is 0 Å². The van der Waals surface area contributed by atoms with Gasteiger partial charge in [0.15, 0.2) is 0 Å². The second kappa shape index (κ2) is 5.23. The maximum atomic E-state index is 13.0. The van der Waals surface area contributed by atoms with Crippen molar-refractivity contribution >= 4 is 12.4 Å². The van der Waals surface area contributed by atoms with E-state index in [4.69, 9.17) is 0 Å². The molecule has 0 aromatic heterocycles. The summed E-state index contributed by atoms with van der Waals surface area (Å²) in [6.45, 7) is 0.795. The highest BCUT2D eigenvalue weighted by Crippen LogP contribution is 2.34. The van der Waals surface area contributed by atoms with E-state index in [2.05, 4.69) is 5.32 Å². The minimum Gasteiger partial charge on any atom is -0.310 e. The molecule has 1 aliphatic heterocycles. The Morgan fingerprint density at radius 3 is 2.47 bits per heavy atom. The molecule has 1 aromatic carbocycles. The molecule has 0 bridgehead atoms. The van der Waals surface area contributed by atoms with E-state index in [1.165, 1.54) is 6.07 Å². The number of nitrogens with one attached hydrogen (secondary N) is 1. The van der Waals surface area contributed by atoms with Gasteiger partial charge in [-0.2, -0.15) is 13.2 Å². The van der Waals surface area contributed by atoms with Gasteiger partial charge in [0.1, 0.15) is 5.82 Å². The van der Waals surface area contributed by atoms with Crippen LogP contribution in [0.5, 0.6) is 0 Å². The van der Waals surface area contributed by atoms with Crippen LogP contribution in [0.4, 0.5) is 17.6 Å². The van der Waals surface area contributed by atoms with Crippen LogP contribution >= 0.6 is 12.4 Å². The average molecular weight is 270 g/mol. The van der Waals surface area contributed by atoms with Crippen LogP contribution in [0, 0.1) is 5.82 Å². The average Bonchev–Trinajstić information content (AvgIpc) is 2.69. The SMILES string of the molecule is Cl.Fc1ccc(C2CCCN2)cc1C(F)(F)F. The molecule has 0 amide bonds. The molecule has 2 rings (SSSR count). The first-order valence-electron chi connectivity index (χ1n) is 5.08. The largest absolute Gasteiger partial charge is 0.419 e. The predicted octanol–water partition coefficient (Wildman–Crippen LogP) is 3.69. The summed E-state index contributed by atoms with van der Waals surface area (Å²) in [5.41, 5.74) is -0.676. The predicted molar refractivity (Wildman–Crippen MR) is 58.6 cm³/mol. The Labute approximate surface area is 103 Å². The van der Waals surface area contributed by atoms with Crippen molar-refractivity contribution in [3.05, 3.63) is 35.1 Å². The molecule has 0 spiro atoms. The highest BCUT2D eigenvalue weighted by atomic mass is 35.5. The van der Waals surface area contributed by atoms with Crippen LogP contribution in [-0.2, 0) is 6.18 Å². The van der Waals surface area contributed by atoms with Gasteiger partial charge in [-0.15, -0.1) is 12.4 Å². The van der Waals surface area contributed by atoms with Gasteiger partial charge in [0, 0.05) is 6.04 Å². The van der Waals surface area contributed by atoms with Crippen LogP contribution in [0.25, 0.3) is 0 Å². The lowest BCUT2D eigenvalue weighted by molar-refractivity contribution is -0.140. The van der Waals surface area contributed by atoms with Gasteiger partial charge in [-0.1, -0.05) is 6.07 Å². The van der Waals surface area contributed by atoms with E-state index in [-0.39, 0.29) is 18.4 Å². The van der Waals surface area contributed by atoms with Gasteiger partial charge in [-0.25, -0.2) is 4.39 Å². The van der Waals surface area contributed by atoms with E-state index in [0.29, 0.717) is 5.56 Å². The molecule has 1 heterocycles. The highest BCUT2D eigenvalue weighted by molar-refractivity contribution is 5.85. The number of hydrogen-bond donors (Lipinski definition) is 1. The van der Waals surface area contributed by atoms with Gasteiger partial charge in [-0.3, -0.25) is 0 Å². The standard InChI is InChI=1S/C11H11F4N.ClH/c12-9-4-3-7(10-2-1-5-16-10)6-8(9)11(13,14)15;/h3-4,6,10,16H,1-2,5H2;1H. The number of rotatable bonds is 1. The summed E-state index contributed by atoms with van der Waals surface area (Å²) in [6, 6.07) is 3.12. The molecule has 0 saturated carbocycles. The molecule has 1 aromatic rings. The number of hydrogen-bond acceptors (Lipinski definition) is 1. The van der Waals surface area contributed by atoms with Crippen LogP contribution < -0.4 is 5.32 Å². The summed E-state index contributed by atoms with van der Waals surface area (Å²) in [6.07, 6.45) is -2.90. The van der Waals surface area contributed by atoms with Crippen molar-refractivity contribution in [2.75, 3.05) is 6.54 Å². The molecule has 6 heteroatoms. The fourth-order valence-corrected chi connectivity index (χ4v) is 1.95. The lowest BCUT2D eigenvalue weighted by Gasteiger charge is -2.14. The summed E-state index contributed by atoms with van der Waals surface area (Å²) in [7, 11) is 0. The summed E-state index contributed by atoms with van der Waals surface area (Å²) < 4.78 is 50.4. The van der Waals surface area contributed by atoms with E-state index < -0.39 is 17.6 Å². The number of halogens is 5. The van der Waals surface area contributed by atoms with Crippen molar-refractivity contribution < 1.29 is 17.6 Å². The maximum absolute atomic E-state index is 13.0. The van der Waals surface area contributed by atoms with Crippen LogP contribution in [0.2, 0.25) is 0 Å². The smallest absolute Gasteiger partial charge is 0.310 e. The van der Waals surface area contributed by atoms with Gasteiger partial charge >= 0.3 is 6.18 Å². The maximum Gasteiger partial charge on any atom is 0.419 e. The Kier molecular flexibility index (Phi) is 4.38. The second-order valence-corrected chi connectivity index (χ2v) is 3.89. The molecule has 0 radical (unpaired) electrons. The third-order valence-corrected chi connectivity index (χ3v) is 2.76. The minimum atomic E-state index is -4.63. The van der Waals surface area contributed by atoms with E-state index >= 15 is 0 Å². The van der Waals surface area contributed by atoms with Crippen LogP contribution in [0.1, 0.15) is 30.0 Å². The van der Waals surface area contributed by atoms with Crippen LogP contribution in [0.3, 0.4) is 0 Å². The molecule has 1 aliphatic rings. The first-order chi connectivity index (χ1) is 7.48. The molecular weight excluding hydrogens is 258 g/mol. The minimum absolute atomic E-state index is 0. The molecule has 0 aliphatic carbocycles. The third-order valence-electron chi connectivity index (χ3n) is 2.76. The second-order valence-electron chi connectivity index (χ2n) is 3.89. The summed E-state index contributed by atoms with van der Waals surface area (Å²) in [4.78, 5) is 0. The first-order valence-corrected chi connectivity index (χ1v) is 5.08. The van der Waals surface area contributed by atoms with Crippen molar-refractivity contribution in [1.82, 2.24) is 5.32 Å². The van der Waals surface area contributed by atoms with E-state index in [0.717, 1.165) is 31.5 Å². The van der Waals surface area contributed by atoms with Gasteiger partial charge in [0.05, 0.1) is 5.56 Å². The molecule has 1 saturated heterocycles. The van der Waals surface area contributed by atoms with Crippen molar-refractivity contribution in [2.45, 2.75) is 25.1 Å². The van der Waals surface area contributed by atoms with E-state index in [1.54, 1.807) is 0 Å². The Hall–Kier alpha value is -0.810. The molecule has 96 valence electrons. The van der Waals surface area contributed by atoms with E-state index in [1.807, 2.05) is 0 Å². The molecule has 1 N–H and O–H groups in total. The zero-order chi connectivity index (χ0) is 11.8. The fourth-order valence-electron chi connectivity index (χ4n) is 1.95. The lowest BCUT2D eigenvalue weighted by atomic mass is 10.0. The van der Waals surface area contributed by atoms with Gasteiger partial charge in [-0.05, 0) is 37.1 Å².